The lowest BCUT2D eigenvalue weighted by Gasteiger charge is -2.27. The molecule has 1 aromatic carbocycles. The fourth-order valence-electron chi connectivity index (χ4n) is 4.68. The number of hydrogen-bond acceptors (Lipinski definition) is 5. The topological polar surface area (TPSA) is 73.1 Å². The number of rotatable bonds is 4. The highest BCUT2D eigenvalue weighted by Crippen LogP contribution is 2.43. The maximum Gasteiger partial charge on any atom is 0.233 e. The Balaban J connectivity index is 1.31. The molecule has 144 valence electrons. The first kappa shape index (κ1) is 17.2. The predicted molar refractivity (Wildman–Crippen MR) is 105 cm³/mol. The summed E-state index contributed by atoms with van der Waals surface area (Å²) in [4.78, 5) is 0. The number of aryl methyl sites for hydroxylation is 1. The van der Waals surface area contributed by atoms with Crippen molar-refractivity contribution >= 4 is 0 Å². The minimum Gasteiger partial charge on any atom is -0.507 e. The molecule has 2 aliphatic rings. The lowest BCUT2D eigenvalue weighted by molar-refractivity contribution is 0.113. The van der Waals surface area contributed by atoms with Gasteiger partial charge in [0.15, 0.2) is 0 Å². The summed E-state index contributed by atoms with van der Waals surface area (Å²) >= 11 is 0. The molecule has 2 bridgehead atoms. The Hall–Kier alpha value is -2.89. The standard InChI is InChI=1S/C22H24N4O2/c1-14-8-9-26(25-14)17-4-5-19(21(27)13-17)20-6-7-22(24-23-20)28-18-11-15-2-3-16(10-15)12-18/h4-9,13,15-16,18,27H,2-3,10-12H2,1H3/t15-,16+,18+. The molecule has 2 fully saturated rings. The van der Waals surface area contributed by atoms with Crippen molar-refractivity contribution in [1.82, 2.24) is 20.0 Å². The van der Waals surface area contributed by atoms with Crippen LogP contribution in [-0.2, 0) is 0 Å². The molecule has 0 radical (unpaired) electrons. The summed E-state index contributed by atoms with van der Waals surface area (Å²) in [6.45, 7) is 1.93. The Morgan fingerprint density at radius 1 is 1.00 bits per heavy atom. The van der Waals surface area contributed by atoms with Crippen LogP contribution in [0.1, 0.15) is 37.8 Å². The van der Waals surface area contributed by atoms with Gasteiger partial charge in [0.1, 0.15) is 11.9 Å². The van der Waals surface area contributed by atoms with Crippen LogP contribution in [0.2, 0.25) is 0 Å². The Morgan fingerprint density at radius 2 is 1.82 bits per heavy atom. The summed E-state index contributed by atoms with van der Waals surface area (Å²) in [6, 6.07) is 11.1. The van der Waals surface area contributed by atoms with Gasteiger partial charge in [-0.3, -0.25) is 0 Å². The third kappa shape index (κ3) is 3.35. The molecule has 0 unspecified atom stereocenters. The zero-order chi connectivity index (χ0) is 19.1. The highest BCUT2D eigenvalue weighted by atomic mass is 16.5. The molecule has 3 aromatic rings. The van der Waals surface area contributed by atoms with Crippen LogP contribution in [0, 0.1) is 18.8 Å². The summed E-state index contributed by atoms with van der Waals surface area (Å²) in [7, 11) is 0. The average Bonchev–Trinajstić information content (AvgIpc) is 3.27. The second-order valence-corrected chi connectivity index (χ2v) is 8.12. The molecule has 0 saturated heterocycles. The van der Waals surface area contributed by atoms with Crippen LogP contribution in [0.4, 0.5) is 0 Å². The number of ether oxygens (including phenoxy) is 1. The Labute approximate surface area is 164 Å². The highest BCUT2D eigenvalue weighted by molar-refractivity contribution is 5.68. The van der Waals surface area contributed by atoms with Crippen molar-refractivity contribution in [3.8, 4) is 28.6 Å². The second-order valence-electron chi connectivity index (χ2n) is 8.12. The summed E-state index contributed by atoms with van der Waals surface area (Å²) in [5.41, 5.74) is 2.99. The van der Waals surface area contributed by atoms with E-state index in [1.807, 2.05) is 43.5 Å². The van der Waals surface area contributed by atoms with Crippen LogP contribution in [0.25, 0.3) is 16.9 Å². The Morgan fingerprint density at radius 3 is 2.46 bits per heavy atom. The number of aromatic nitrogens is 4. The van der Waals surface area contributed by atoms with E-state index in [0.717, 1.165) is 36.1 Å². The molecule has 6 nitrogen and oxygen atoms in total. The molecule has 0 spiro atoms. The molecular formula is C22H24N4O2. The van der Waals surface area contributed by atoms with Gasteiger partial charge in [0, 0.05) is 23.9 Å². The number of phenolic OH excluding ortho intramolecular Hbond substituents is 1. The first-order chi connectivity index (χ1) is 13.6. The van der Waals surface area contributed by atoms with Crippen molar-refractivity contribution in [2.75, 3.05) is 0 Å². The molecule has 3 atom stereocenters. The zero-order valence-electron chi connectivity index (χ0n) is 16.0. The van der Waals surface area contributed by atoms with Crippen molar-refractivity contribution in [3.05, 3.63) is 48.3 Å². The molecule has 2 saturated carbocycles. The number of aromatic hydroxyl groups is 1. The molecular weight excluding hydrogens is 352 g/mol. The van der Waals surface area contributed by atoms with Crippen LogP contribution >= 0.6 is 0 Å². The summed E-state index contributed by atoms with van der Waals surface area (Å²) < 4.78 is 7.82. The van der Waals surface area contributed by atoms with Crippen LogP contribution < -0.4 is 4.74 Å². The fraction of sp³-hybridized carbons (Fsp3) is 0.409. The first-order valence-corrected chi connectivity index (χ1v) is 10.0. The molecule has 2 aromatic heterocycles. The average molecular weight is 376 g/mol. The molecule has 28 heavy (non-hydrogen) atoms. The van der Waals surface area contributed by atoms with Gasteiger partial charge < -0.3 is 9.84 Å². The molecule has 1 N–H and O–H groups in total. The zero-order valence-corrected chi connectivity index (χ0v) is 16.0. The lowest BCUT2D eigenvalue weighted by atomic mass is 9.87. The Bertz CT molecular complexity index is 970. The number of nitrogens with zero attached hydrogens (tertiary/aromatic N) is 4. The van der Waals surface area contributed by atoms with Gasteiger partial charge in [-0.25, -0.2) is 4.68 Å². The van der Waals surface area contributed by atoms with Gasteiger partial charge in [-0.1, -0.05) is 12.8 Å². The van der Waals surface area contributed by atoms with Crippen molar-refractivity contribution in [2.24, 2.45) is 11.8 Å². The number of benzene rings is 1. The third-order valence-corrected chi connectivity index (χ3v) is 6.01. The maximum atomic E-state index is 10.5. The van der Waals surface area contributed by atoms with Crippen LogP contribution in [0.15, 0.2) is 42.6 Å². The highest BCUT2D eigenvalue weighted by Gasteiger charge is 2.35. The van der Waals surface area contributed by atoms with Gasteiger partial charge in [0.2, 0.25) is 5.88 Å². The van der Waals surface area contributed by atoms with Gasteiger partial charge in [0.05, 0.1) is 17.1 Å². The normalized spacial score (nSPS) is 23.7. The quantitative estimate of drug-likeness (QED) is 0.735. The number of phenols is 1. The summed E-state index contributed by atoms with van der Waals surface area (Å²) in [5.74, 6) is 2.37. The molecule has 0 aliphatic heterocycles. The van der Waals surface area contributed by atoms with Crippen molar-refractivity contribution in [3.63, 3.8) is 0 Å². The smallest absolute Gasteiger partial charge is 0.233 e. The van der Waals surface area contributed by atoms with E-state index in [4.69, 9.17) is 4.74 Å². The molecule has 0 amide bonds. The molecule has 5 rings (SSSR count). The van der Waals surface area contributed by atoms with Gasteiger partial charge in [-0.15, -0.1) is 10.2 Å². The minimum atomic E-state index is 0.150. The van der Waals surface area contributed by atoms with Crippen LogP contribution in [-0.4, -0.2) is 31.2 Å². The van der Waals surface area contributed by atoms with E-state index in [-0.39, 0.29) is 11.9 Å². The number of hydrogen-bond donors (Lipinski definition) is 1. The predicted octanol–water partition coefficient (Wildman–Crippen LogP) is 4.30. The molecule has 6 heteroatoms. The Kier molecular flexibility index (Phi) is 4.26. The minimum absolute atomic E-state index is 0.150. The summed E-state index contributed by atoms with van der Waals surface area (Å²) in [5, 5.41) is 23.4. The van der Waals surface area contributed by atoms with Crippen LogP contribution in [0.5, 0.6) is 11.6 Å². The van der Waals surface area contributed by atoms with E-state index in [2.05, 4.69) is 15.3 Å². The molecule has 2 aliphatic carbocycles. The third-order valence-electron chi connectivity index (χ3n) is 6.01. The largest absolute Gasteiger partial charge is 0.507 e. The summed E-state index contributed by atoms with van der Waals surface area (Å²) in [6.07, 6.45) is 8.47. The van der Waals surface area contributed by atoms with Crippen molar-refractivity contribution in [1.29, 1.82) is 0 Å². The first-order valence-electron chi connectivity index (χ1n) is 10.0. The van der Waals surface area contributed by atoms with E-state index in [1.54, 1.807) is 10.7 Å². The van der Waals surface area contributed by atoms with Crippen molar-refractivity contribution in [2.45, 2.75) is 45.1 Å². The van der Waals surface area contributed by atoms with Gasteiger partial charge >= 0.3 is 0 Å². The van der Waals surface area contributed by atoms with E-state index in [0.29, 0.717) is 17.1 Å². The maximum absolute atomic E-state index is 10.5. The lowest BCUT2D eigenvalue weighted by Crippen LogP contribution is -2.26. The van der Waals surface area contributed by atoms with E-state index >= 15 is 0 Å². The SMILES string of the molecule is Cc1ccn(-c2ccc(-c3ccc(O[C@H]4C[C@@H]5CC[C@@H](C5)C4)nn3)c(O)c2)n1. The molecule has 2 heterocycles. The second kappa shape index (κ2) is 6.93. The fourth-order valence-corrected chi connectivity index (χ4v) is 4.68. The van der Waals surface area contributed by atoms with E-state index in [1.165, 1.54) is 19.3 Å². The van der Waals surface area contributed by atoms with Crippen molar-refractivity contribution < 1.29 is 9.84 Å². The monoisotopic (exact) mass is 376 g/mol. The van der Waals surface area contributed by atoms with E-state index < -0.39 is 0 Å². The van der Waals surface area contributed by atoms with Gasteiger partial charge in [-0.05, 0) is 62.3 Å². The van der Waals surface area contributed by atoms with Crippen LogP contribution in [0.3, 0.4) is 0 Å². The van der Waals surface area contributed by atoms with E-state index in [9.17, 15) is 5.11 Å². The number of fused-ring (bicyclic) bond motifs is 2. The van der Waals surface area contributed by atoms with Gasteiger partial charge in [-0.2, -0.15) is 5.10 Å². The van der Waals surface area contributed by atoms with Gasteiger partial charge in [0.25, 0.3) is 0 Å².